The Balaban J connectivity index is 2.02. The lowest BCUT2D eigenvalue weighted by molar-refractivity contribution is 0.582. The summed E-state index contributed by atoms with van der Waals surface area (Å²) in [6.45, 7) is 5.47. The number of sulfonamides is 1. The minimum atomic E-state index is -3.50. The second-order valence-electron chi connectivity index (χ2n) is 4.42. The van der Waals surface area contributed by atoms with Crippen molar-refractivity contribution in [2.75, 3.05) is 6.54 Å². The van der Waals surface area contributed by atoms with Gasteiger partial charge >= 0.3 is 0 Å². The van der Waals surface area contributed by atoms with Gasteiger partial charge in [-0.2, -0.15) is 0 Å². The number of nitrogens with one attached hydrogen (secondary N) is 2. The van der Waals surface area contributed by atoms with Crippen molar-refractivity contribution in [2.45, 2.75) is 31.1 Å². The highest BCUT2D eigenvalue weighted by atomic mass is 32.2. The minimum Gasteiger partial charge on any atom is -0.312 e. The third-order valence-electron chi connectivity index (χ3n) is 2.73. The van der Waals surface area contributed by atoms with Gasteiger partial charge in [-0.25, -0.2) is 23.1 Å². The molecule has 2 aromatic heterocycles. The number of rotatable bonds is 7. The zero-order valence-electron chi connectivity index (χ0n) is 12.0. The van der Waals surface area contributed by atoms with Crippen LogP contribution in [-0.2, 0) is 23.1 Å². The van der Waals surface area contributed by atoms with Gasteiger partial charge in [-0.1, -0.05) is 6.92 Å². The zero-order valence-corrected chi connectivity index (χ0v) is 13.6. The highest BCUT2D eigenvalue weighted by Crippen LogP contribution is 2.21. The highest BCUT2D eigenvalue weighted by Gasteiger charge is 2.16. The topological polar surface area (TPSA) is 84.0 Å². The summed E-state index contributed by atoms with van der Waals surface area (Å²) in [6.07, 6.45) is 1.62. The molecule has 21 heavy (non-hydrogen) atoms. The molecule has 2 aromatic rings. The number of aromatic nitrogens is 2. The van der Waals surface area contributed by atoms with E-state index in [9.17, 15) is 8.42 Å². The predicted molar refractivity (Wildman–Crippen MR) is 82.5 cm³/mol. The Kier molecular flexibility index (Phi) is 5.40. The van der Waals surface area contributed by atoms with Crippen LogP contribution in [0.25, 0.3) is 0 Å². The Hall–Kier alpha value is -1.35. The van der Waals surface area contributed by atoms with Crippen molar-refractivity contribution in [2.24, 2.45) is 0 Å². The van der Waals surface area contributed by atoms with Crippen molar-refractivity contribution < 1.29 is 8.42 Å². The molecule has 0 aromatic carbocycles. The Morgan fingerprint density at radius 1 is 1.24 bits per heavy atom. The summed E-state index contributed by atoms with van der Waals surface area (Å²) in [7, 11) is -3.50. The van der Waals surface area contributed by atoms with Crippen LogP contribution in [0, 0.1) is 6.92 Å². The highest BCUT2D eigenvalue weighted by molar-refractivity contribution is 7.91. The van der Waals surface area contributed by atoms with E-state index in [1.54, 1.807) is 25.3 Å². The van der Waals surface area contributed by atoms with Crippen LogP contribution in [-0.4, -0.2) is 24.9 Å². The number of aryl methyl sites for hydroxylation is 1. The zero-order chi connectivity index (χ0) is 15.3. The van der Waals surface area contributed by atoms with Gasteiger partial charge in [0.05, 0.1) is 12.2 Å². The predicted octanol–water partition coefficient (Wildman–Crippen LogP) is 1.43. The summed E-state index contributed by atoms with van der Waals surface area (Å²) in [5.74, 6) is 0.621. The fourth-order valence-corrected chi connectivity index (χ4v) is 4.06. The molecule has 0 amide bonds. The van der Waals surface area contributed by atoms with Crippen LogP contribution < -0.4 is 10.0 Å². The Morgan fingerprint density at radius 3 is 2.76 bits per heavy atom. The minimum absolute atomic E-state index is 0.159. The number of hydrogen-bond donors (Lipinski definition) is 2. The molecule has 0 spiro atoms. The number of thiophene rings is 1. The summed E-state index contributed by atoms with van der Waals surface area (Å²) in [6, 6.07) is 5.15. The molecule has 6 nitrogen and oxygen atoms in total. The molecule has 2 rings (SSSR count). The molecule has 0 bridgehead atoms. The first-order chi connectivity index (χ1) is 10.0. The Morgan fingerprint density at radius 2 is 2.05 bits per heavy atom. The van der Waals surface area contributed by atoms with Gasteiger partial charge in [-0.3, -0.25) is 0 Å². The van der Waals surface area contributed by atoms with E-state index in [4.69, 9.17) is 0 Å². The van der Waals surface area contributed by atoms with E-state index in [1.807, 2.05) is 13.0 Å². The maximum absolute atomic E-state index is 12.2. The third kappa shape index (κ3) is 4.57. The van der Waals surface area contributed by atoms with Crippen molar-refractivity contribution in [3.63, 3.8) is 0 Å². The second kappa shape index (κ2) is 7.08. The molecule has 114 valence electrons. The molecule has 2 N–H and O–H groups in total. The van der Waals surface area contributed by atoms with E-state index in [0.29, 0.717) is 22.3 Å². The monoisotopic (exact) mass is 326 g/mol. The van der Waals surface area contributed by atoms with Crippen LogP contribution in [0.5, 0.6) is 0 Å². The maximum Gasteiger partial charge on any atom is 0.250 e. The normalized spacial score (nSPS) is 11.7. The van der Waals surface area contributed by atoms with Crippen molar-refractivity contribution in [1.82, 2.24) is 20.0 Å². The third-order valence-corrected chi connectivity index (χ3v) is 5.71. The van der Waals surface area contributed by atoms with Crippen LogP contribution in [0.1, 0.15) is 23.3 Å². The lowest BCUT2D eigenvalue weighted by atomic mass is 10.4. The standard InChI is InChI=1S/C13H18N4O2S2/c1-3-14-9-12-4-5-13(20-12)21(18,19)16-8-11-6-7-15-10(2)17-11/h4-7,14,16H,3,8-9H2,1-2H3. The van der Waals surface area contributed by atoms with Gasteiger partial charge in [0.1, 0.15) is 10.0 Å². The lowest BCUT2D eigenvalue weighted by Gasteiger charge is -2.04. The largest absolute Gasteiger partial charge is 0.312 e. The van der Waals surface area contributed by atoms with Crippen molar-refractivity contribution in [3.8, 4) is 0 Å². The molecule has 0 aliphatic carbocycles. The first-order valence-corrected chi connectivity index (χ1v) is 8.89. The molecule has 0 radical (unpaired) electrons. The van der Waals surface area contributed by atoms with E-state index in [2.05, 4.69) is 20.0 Å². The molecule has 2 heterocycles. The van der Waals surface area contributed by atoms with E-state index >= 15 is 0 Å². The molecule has 0 fully saturated rings. The molecule has 0 aliphatic heterocycles. The molecule has 0 aliphatic rings. The van der Waals surface area contributed by atoms with Gasteiger partial charge in [0.25, 0.3) is 0 Å². The first-order valence-electron chi connectivity index (χ1n) is 6.59. The molecule has 0 saturated carbocycles. The molecule has 0 saturated heterocycles. The van der Waals surface area contributed by atoms with E-state index < -0.39 is 10.0 Å². The summed E-state index contributed by atoms with van der Waals surface area (Å²) in [4.78, 5) is 9.15. The molecule has 8 heteroatoms. The molecular formula is C13H18N4O2S2. The second-order valence-corrected chi connectivity index (χ2v) is 7.58. The Labute approximate surface area is 128 Å². The SMILES string of the molecule is CCNCc1ccc(S(=O)(=O)NCc2ccnc(C)n2)s1. The molecule has 0 unspecified atom stereocenters. The van der Waals surface area contributed by atoms with E-state index in [1.165, 1.54) is 11.3 Å². The Bertz CT molecular complexity index is 698. The van der Waals surface area contributed by atoms with Crippen LogP contribution in [0.3, 0.4) is 0 Å². The fourth-order valence-electron chi connectivity index (χ4n) is 1.69. The van der Waals surface area contributed by atoms with Crippen molar-refractivity contribution >= 4 is 21.4 Å². The summed E-state index contributed by atoms with van der Waals surface area (Å²) >= 11 is 1.27. The van der Waals surface area contributed by atoms with Crippen molar-refractivity contribution in [1.29, 1.82) is 0 Å². The summed E-state index contributed by atoms with van der Waals surface area (Å²) < 4.78 is 27.3. The first kappa shape index (κ1) is 16.0. The van der Waals surface area contributed by atoms with Gasteiger partial charge in [-0.15, -0.1) is 11.3 Å². The van der Waals surface area contributed by atoms with E-state index in [-0.39, 0.29) is 6.54 Å². The quantitative estimate of drug-likeness (QED) is 0.804. The van der Waals surface area contributed by atoms with Crippen LogP contribution >= 0.6 is 11.3 Å². The average molecular weight is 326 g/mol. The molecule has 0 atom stereocenters. The number of nitrogens with zero attached hydrogens (tertiary/aromatic N) is 2. The van der Waals surface area contributed by atoms with Crippen LogP contribution in [0.15, 0.2) is 28.6 Å². The van der Waals surface area contributed by atoms with Crippen molar-refractivity contribution in [3.05, 3.63) is 40.8 Å². The van der Waals surface area contributed by atoms with Gasteiger partial charge < -0.3 is 5.32 Å². The summed E-state index contributed by atoms with van der Waals surface area (Å²) in [5.41, 5.74) is 0.649. The van der Waals surface area contributed by atoms with Gasteiger partial charge in [0.2, 0.25) is 10.0 Å². The van der Waals surface area contributed by atoms with E-state index in [0.717, 1.165) is 11.4 Å². The van der Waals surface area contributed by atoms with Crippen LogP contribution in [0.4, 0.5) is 0 Å². The lowest BCUT2D eigenvalue weighted by Crippen LogP contribution is -2.23. The average Bonchev–Trinajstić information content (AvgIpc) is 2.93. The van der Waals surface area contributed by atoms with Gasteiger partial charge in [0, 0.05) is 17.6 Å². The molecular weight excluding hydrogens is 308 g/mol. The smallest absolute Gasteiger partial charge is 0.250 e. The maximum atomic E-state index is 12.2. The van der Waals surface area contributed by atoms with Crippen LogP contribution in [0.2, 0.25) is 0 Å². The fraction of sp³-hybridized carbons (Fsp3) is 0.385. The number of hydrogen-bond acceptors (Lipinski definition) is 6. The summed E-state index contributed by atoms with van der Waals surface area (Å²) in [5, 5.41) is 3.17. The van der Waals surface area contributed by atoms with Gasteiger partial charge in [-0.05, 0) is 31.7 Å². The van der Waals surface area contributed by atoms with Gasteiger partial charge in [0.15, 0.2) is 0 Å².